The van der Waals surface area contributed by atoms with Crippen molar-refractivity contribution >= 4 is 62.3 Å². The van der Waals surface area contributed by atoms with Gasteiger partial charge in [0.1, 0.15) is 12.6 Å². The summed E-state index contributed by atoms with van der Waals surface area (Å²) in [5.74, 6) is -1.36. The monoisotopic (exact) mass is 691 g/mol. The summed E-state index contributed by atoms with van der Waals surface area (Å²) in [4.78, 5) is 29.0. The van der Waals surface area contributed by atoms with Gasteiger partial charge in [-0.1, -0.05) is 85.0 Å². The minimum atomic E-state index is -4.81. The summed E-state index contributed by atoms with van der Waals surface area (Å²) in [5.41, 5.74) is -0.715. The van der Waals surface area contributed by atoms with Crippen molar-refractivity contribution in [3.8, 4) is 0 Å². The van der Waals surface area contributed by atoms with Gasteiger partial charge in [0.15, 0.2) is 0 Å². The van der Waals surface area contributed by atoms with Crippen molar-refractivity contribution in [2.75, 3.05) is 23.7 Å². The van der Waals surface area contributed by atoms with Crippen molar-refractivity contribution in [3.63, 3.8) is 0 Å². The molecule has 0 heterocycles. The van der Waals surface area contributed by atoms with Crippen LogP contribution in [-0.2, 0) is 38.8 Å². The van der Waals surface area contributed by atoms with E-state index in [2.05, 4.69) is 5.32 Å². The first kappa shape index (κ1) is 35.5. The summed E-state index contributed by atoms with van der Waals surface area (Å²) < 4.78 is 67.0. The molecule has 0 saturated carbocycles. The Morgan fingerprint density at radius 2 is 1.52 bits per heavy atom. The number of nitrogens with zero attached hydrogens (tertiary/aromatic N) is 2. The summed E-state index contributed by atoms with van der Waals surface area (Å²) in [6.07, 6.45) is -4.04. The Labute approximate surface area is 269 Å². The standard InChI is InChI=1S/C30H31Cl3F3N3O4S/c1-19(2)16-37-29(41)27(14-20-8-5-4-6-9-20)38(17-22-23(31)10-7-11-24(22)32)28(40)18-39(44(3,42)43)26-15-21(30(34,35)36)12-13-25(26)33/h4-13,15,19,27H,14,16-18H2,1-3H3,(H,37,41). The molecule has 44 heavy (non-hydrogen) atoms. The smallest absolute Gasteiger partial charge is 0.354 e. The maximum atomic E-state index is 14.2. The number of carbonyl (C=O) groups excluding carboxylic acids is 2. The maximum Gasteiger partial charge on any atom is 0.416 e. The summed E-state index contributed by atoms with van der Waals surface area (Å²) >= 11 is 19.0. The molecule has 0 saturated heterocycles. The van der Waals surface area contributed by atoms with E-state index in [0.29, 0.717) is 27.6 Å². The third-order valence-electron chi connectivity index (χ3n) is 6.57. The predicted octanol–water partition coefficient (Wildman–Crippen LogP) is 6.84. The molecular weight excluding hydrogens is 662 g/mol. The fourth-order valence-corrected chi connectivity index (χ4v) is 5.95. The molecule has 1 N–H and O–H groups in total. The van der Waals surface area contributed by atoms with Crippen molar-refractivity contribution < 1.29 is 31.2 Å². The lowest BCUT2D eigenvalue weighted by molar-refractivity contribution is -0.140. The molecule has 0 aliphatic carbocycles. The molecule has 1 unspecified atom stereocenters. The molecule has 238 valence electrons. The van der Waals surface area contributed by atoms with Crippen LogP contribution in [0.15, 0.2) is 66.7 Å². The molecule has 3 rings (SSSR count). The summed E-state index contributed by atoms with van der Waals surface area (Å²) in [5, 5.41) is 2.88. The molecule has 14 heteroatoms. The zero-order valence-electron chi connectivity index (χ0n) is 24.0. The fourth-order valence-electron chi connectivity index (χ4n) is 4.31. The van der Waals surface area contributed by atoms with Crippen LogP contribution in [0.3, 0.4) is 0 Å². The van der Waals surface area contributed by atoms with Crippen LogP contribution in [0.2, 0.25) is 15.1 Å². The lowest BCUT2D eigenvalue weighted by Gasteiger charge is -2.34. The van der Waals surface area contributed by atoms with Crippen molar-refractivity contribution in [2.24, 2.45) is 5.92 Å². The largest absolute Gasteiger partial charge is 0.416 e. The second-order valence-electron chi connectivity index (χ2n) is 10.5. The number of halogens is 6. The third-order valence-corrected chi connectivity index (χ3v) is 8.72. The van der Waals surface area contributed by atoms with E-state index in [4.69, 9.17) is 34.8 Å². The van der Waals surface area contributed by atoms with Crippen LogP contribution in [0.25, 0.3) is 0 Å². The van der Waals surface area contributed by atoms with E-state index in [-0.39, 0.29) is 40.5 Å². The van der Waals surface area contributed by atoms with Gasteiger partial charge in [0.05, 0.1) is 22.5 Å². The van der Waals surface area contributed by atoms with Crippen LogP contribution < -0.4 is 9.62 Å². The van der Waals surface area contributed by atoms with Crippen LogP contribution in [0.4, 0.5) is 18.9 Å². The molecule has 1 atom stereocenters. The maximum absolute atomic E-state index is 14.2. The van der Waals surface area contributed by atoms with Crippen LogP contribution in [-0.4, -0.2) is 50.5 Å². The zero-order valence-corrected chi connectivity index (χ0v) is 27.1. The van der Waals surface area contributed by atoms with Gasteiger partial charge in [-0.2, -0.15) is 13.2 Å². The average Bonchev–Trinajstić information content (AvgIpc) is 2.93. The molecule has 7 nitrogen and oxygen atoms in total. The van der Waals surface area contributed by atoms with Gasteiger partial charge in [0, 0.05) is 35.1 Å². The topological polar surface area (TPSA) is 86.8 Å². The number of sulfonamides is 1. The quantitative estimate of drug-likeness (QED) is 0.225. The molecular formula is C30H31Cl3F3N3O4S. The second kappa shape index (κ2) is 14.9. The number of nitrogens with one attached hydrogen (secondary N) is 1. The zero-order chi connectivity index (χ0) is 32.8. The van der Waals surface area contributed by atoms with Crippen LogP contribution in [0.1, 0.15) is 30.5 Å². The Morgan fingerprint density at radius 3 is 2.07 bits per heavy atom. The van der Waals surface area contributed by atoms with E-state index in [1.54, 1.807) is 48.5 Å². The number of amides is 2. The first-order valence-corrected chi connectivity index (χ1v) is 16.4. The normalized spacial score (nSPS) is 12.6. The first-order chi connectivity index (χ1) is 20.5. The Balaban J connectivity index is 2.15. The van der Waals surface area contributed by atoms with E-state index in [1.165, 1.54) is 0 Å². The molecule has 0 aromatic heterocycles. The number of rotatable bonds is 12. The summed E-state index contributed by atoms with van der Waals surface area (Å²) in [6.45, 7) is 2.79. The van der Waals surface area contributed by atoms with Crippen molar-refractivity contribution in [1.82, 2.24) is 10.2 Å². The third kappa shape index (κ3) is 9.50. The van der Waals surface area contributed by atoms with Gasteiger partial charge in [-0.05, 0) is 41.8 Å². The van der Waals surface area contributed by atoms with Crippen LogP contribution in [0.5, 0.6) is 0 Å². The molecule has 3 aromatic carbocycles. The predicted molar refractivity (Wildman–Crippen MR) is 167 cm³/mol. The van der Waals surface area contributed by atoms with Crippen molar-refractivity contribution in [1.29, 1.82) is 0 Å². The van der Waals surface area contributed by atoms with Gasteiger partial charge in [0.2, 0.25) is 21.8 Å². The number of carbonyl (C=O) groups is 2. The molecule has 0 bridgehead atoms. The summed E-state index contributed by atoms with van der Waals surface area (Å²) in [6, 6.07) is 14.5. The van der Waals surface area contributed by atoms with Crippen LogP contribution in [0, 0.1) is 5.92 Å². The van der Waals surface area contributed by atoms with Gasteiger partial charge in [-0.3, -0.25) is 13.9 Å². The molecule has 0 aliphatic heterocycles. The van der Waals surface area contributed by atoms with E-state index >= 15 is 0 Å². The second-order valence-corrected chi connectivity index (χ2v) is 13.6. The Morgan fingerprint density at radius 1 is 0.909 bits per heavy atom. The number of benzene rings is 3. The SMILES string of the molecule is CC(C)CNC(=O)C(Cc1ccccc1)N(Cc1c(Cl)cccc1Cl)C(=O)CN(c1cc(C(F)(F)F)ccc1Cl)S(C)(=O)=O. The lowest BCUT2D eigenvalue weighted by Crippen LogP contribution is -2.53. The first-order valence-electron chi connectivity index (χ1n) is 13.4. The molecule has 2 amide bonds. The van der Waals surface area contributed by atoms with E-state index < -0.39 is 51.9 Å². The fraction of sp³-hybridized carbons (Fsp3) is 0.333. The van der Waals surface area contributed by atoms with E-state index in [0.717, 1.165) is 17.2 Å². The number of hydrogen-bond acceptors (Lipinski definition) is 4. The molecule has 0 aliphatic rings. The highest BCUT2D eigenvalue weighted by molar-refractivity contribution is 7.92. The lowest BCUT2D eigenvalue weighted by atomic mass is 10.0. The molecule has 0 fully saturated rings. The number of hydrogen-bond donors (Lipinski definition) is 1. The van der Waals surface area contributed by atoms with E-state index in [9.17, 15) is 31.2 Å². The highest BCUT2D eigenvalue weighted by atomic mass is 35.5. The molecule has 3 aromatic rings. The average molecular weight is 693 g/mol. The van der Waals surface area contributed by atoms with Crippen molar-refractivity contribution in [3.05, 3.63) is 98.5 Å². The number of alkyl halides is 3. The van der Waals surface area contributed by atoms with Gasteiger partial charge in [-0.25, -0.2) is 8.42 Å². The molecule has 0 spiro atoms. The van der Waals surface area contributed by atoms with E-state index in [1.807, 2.05) is 13.8 Å². The summed E-state index contributed by atoms with van der Waals surface area (Å²) in [7, 11) is -4.37. The van der Waals surface area contributed by atoms with Gasteiger partial charge < -0.3 is 10.2 Å². The van der Waals surface area contributed by atoms with Gasteiger partial charge in [0.25, 0.3) is 0 Å². The Kier molecular flexibility index (Phi) is 12.0. The van der Waals surface area contributed by atoms with Crippen molar-refractivity contribution in [2.45, 2.75) is 39.0 Å². The minimum absolute atomic E-state index is 0.0295. The highest BCUT2D eigenvalue weighted by Gasteiger charge is 2.36. The van der Waals surface area contributed by atoms with Crippen LogP contribution >= 0.6 is 34.8 Å². The molecule has 0 radical (unpaired) electrons. The Bertz CT molecular complexity index is 1570. The Hall–Kier alpha value is -2.99. The number of anilines is 1. The minimum Gasteiger partial charge on any atom is -0.354 e. The van der Waals surface area contributed by atoms with Gasteiger partial charge >= 0.3 is 6.18 Å². The highest BCUT2D eigenvalue weighted by Crippen LogP contribution is 2.36. The van der Waals surface area contributed by atoms with Gasteiger partial charge in [-0.15, -0.1) is 0 Å².